The first-order chi connectivity index (χ1) is 18.3. The van der Waals surface area contributed by atoms with Crippen molar-refractivity contribution >= 4 is 35.3 Å². The molecule has 1 unspecified atom stereocenters. The van der Waals surface area contributed by atoms with Crippen molar-refractivity contribution in [3.05, 3.63) is 58.0 Å². The first-order valence-electron chi connectivity index (χ1n) is 13.1. The van der Waals surface area contributed by atoms with Gasteiger partial charge in [0.15, 0.2) is 0 Å². The van der Waals surface area contributed by atoms with Crippen molar-refractivity contribution in [2.45, 2.75) is 77.1 Å². The van der Waals surface area contributed by atoms with Crippen LogP contribution in [0.2, 0.25) is 5.02 Å². The lowest BCUT2D eigenvalue weighted by atomic mass is 9.96. The van der Waals surface area contributed by atoms with Gasteiger partial charge in [-0.2, -0.15) is 0 Å². The van der Waals surface area contributed by atoms with E-state index in [0.717, 1.165) is 16.8 Å². The Morgan fingerprint density at radius 2 is 1.95 bits per heavy atom. The molecule has 0 radical (unpaired) electrons. The van der Waals surface area contributed by atoms with Gasteiger partial charge in [-0.05, 0) is 83.1 Å². The summed E-state index contributed by atoms with van der Waals surface area (Å²) in [5, 5.41) is 6.16. The fraction of sp³-hybridized carbons (Fsp3) is 0.500. The van der Waals surface area contributed by atoms with Crippen LogP contribution >= 0.6 is 11.6 Å². The van der Waals surface area contributed by atoms with Crippen molar-refractivity contribution in [2.24, 2.45) is 5.92 Å². The minimum absolute atomic E-state index is 0.0417. The van der Waals surface area contributed by atoms with E-state index in [4.69, 9.17) is 22.1 Å². The molecule has 4 rings (SSSR count). The maximum atomic E-state index is 13.4. The standard InChI is InChI=1S/C28H35ClFN5O4/c1-15(25(36)34-21-10-9-20-24(21)19(29)13-23(31)33-20)32-26(37)22-12-17(11-16-5-7-18(30)8-6-16)14-35(22)27(38)39-28(2,3)4/h5-8,13,15,17,21-22H,9-12,14H2,1-4H3,(H2,31,33)(H,32,37)(H,34,36)/t15-,17-,21?,22+/m0/s1. The molecule has 4 N–H and O–H groups in total. The van der Waals surface area contributed by atoms with Gasteiger partial charge in [-0.3, -0.25) is 14.5 Å². The van der Waals surface area contributed by atoms with Gasteiger partial charge >= 0.3 is 6.09 Å². The third kappa shape index (κ3) is 6.98. The molecule has 1 aromatic carbocycles. The lowest BCUT2D eigenvalue weighted by Crippen LogP contribution is -2.52. The summed E-state index contributed by atoms with van der Waals surface area (Å²) in [4.78, 5) is 45.1. The molecule has 0 bridgehead atoms. The lowest BCUT2D eigenvalue weighted by Gasteiger charge is -2.28. The Kier molecular flexibility index (Phi) is 8.34. The normalized spacial score (nSPS) is 21.3. The zero-order valence-electron chi connectivity index (χ0n) is 22.6. The van der Waals surface area contributed by atoms with Crippen LogP contribution in [0.3, 0.4) is 0 Å². The highest BCUT2D eigenvalue weighted by atomic mass is 35.5. The predicted octanol–water partition coefficient (Wildman–Crippen LogP) is 3.93. The zero-order valence-corrected chi connectivity index (χ0v) is 23.3. The molecule has 1 aliphatic carbocycles. The second-order valence-electron chi connectivity index (χ2n) is 11.3. The van der Waals surface area contributed by atoms with E-state index in [-0.39, 0.29) is 23.7 Å². The number of anilines is 1. The first kappa shape index (κ1) is 28.6. The second-order valence-corrected chi connectivity index (χ2v) is 11.7. The summed E-state index contributed by atoms with van der Waals surface area (Å²) in [6, 6.07) is 5.73. The van der Waals surface area contributed by atoms with Gasteiger partial charge in [0, 0.05) is 17.8 Å². The maximum Gasteiger partial charge on any atom is 0.410 e. The van der Waals surface area contributed by atoms with Crippen LogP contribution < -0.4 is 16.4 Å². The number of ether oxygens (including phenoxy) is 1. The number of nitrogens with two attached hydrogens (primary N) is 1. The van der Waals surface area contributed by atoms with Gasteiger partial charge in [0.1, 0.15) is 29.3 Å². The molecule has 210 valence electrons. The molecule has 2 heterocycles. The van der Waals surface area contributed by atoms with Crippen molar-refractivity contribution in [2.75, 3.05) is 12.3 Å². The van der Waals surface area contributed by atoms with E-state index in [1.165, 1.54) is 17.0 Å². The van der Waals surface area contributed by atoms with Crippen LogP contribution in [-0.4, -0.2) is 52.0 Å². The lowest BCUT2D eigenvalue weighted by molar-refractivity contribution is -0.131. The fourth-order valence-electron chi connectivity index (χ4n) is 5.19. The molecule has 1 aromatic heterocycles. The predicted molar refractivity (Wildman–Crippen MR) is 145 cm³/mol. The Labute approximate surface area is 232 Å². The van der Waals surface area contributed by atoms with Gasteiger partial charge in [-0.1, -0.05) is 23.7 Å². The fourth-order valence-corrected chi connectivity index (χ4v) is 5.54. The highest BCUT2D eigenvalue weighted by Gasteiger charge is 2.42. The summed E-state index contributed by atoms with van der Waals surface area (Å²) in [5.74, 6) is -0.855. The number of likely N-dealkylation sites (tertiary alicyclic amines) is 1. The molecule has 1 fully saturated rings. The Hall–Kier alpha value is -3.40. The van der Waals surface area contributed by atoms with Gasteiger partial charge in [0.05, 0.1) is 11.1 Å². The number of halogens is 2. The van der Waals surface area contributed by atoms with Crippen molar-refractivity contribution in [3.63, 3.8) is 0 Å². The summed E-state index contributed by atoms with van der Waals surface area (Å²) in [6.07, 6.45) is 1.62. The molecule has 3 amide bonds. The van der Waals surface area contributed by atoms with Crippen LogP contribution in [0.4, 0.5) is 15.0 Å². The average molecular weight is 560 g/mol. The largest absolute Gasteiger partial charge is 0.444 e. The van der Waals surface area contributed by atoms with Crippen LogP contribution in [0.5, 0.6) is 0 Å². The minimum Gasteiger partial charge on any atom is -0.444 e. The van der Waals surface area contributed by atoms with Crippen molar-refractivity contribution < 1.29 is 23.5 Å². The van der Waals surface area contributed by atoms with Gasteiger partial charge in [-0.25, -0.2) is 14.2 Å². The van der Waals surface area contributed by atoms with Crippen LogP contribution in [0.1, 0.15) is 63.4 Å². The Morgan fingerprint density at radius 1 is 1.26 bits per heavy atom. The monoisotopic (exact) mass is 559 g/mol. The molecule has 0 saturated carbocycles. The first-order valence-corrected chi connectivity index (χ1v) is 13.5. The number of amides is 3. The minimum atomic E-state index is -0.862. The third-order valence-electron chi connectivity index (χ3n) is 6.95. The molecule has 1 aliphatic heterocycles. The van der Waals surface area contributed by atoms with E-state index >= 15 is 0 Å². The number of hydrogen-bond donors (Lipinski definition) is 3. The quantitative estimate of drug-likeness (QED) is 0.492. The molecule has 2 aliphatic rings. The molecule has 0 spiro atoms. The van der Waals surface area contributed by atoms with Gasteiger partial charge < -0.3 is 21.1 Å². The molecule has 39 heavy (non-hydrogen) atoms. The number of rotatable bonds is 6. The van der Waals surface area contributed by atoms with E-state index in [1.807, 2.05) is 0 Å². The smallest absolute Gasteiger partial charge is 0.410 e. The van der Waals surface area contributed by atoms with Crippen LogP contribution in [-0.2, 0) is 27.2 Å². The van der Waals surface area contributed by atoms with E-state index in [0.29, 0.717) is 43.1 Å². The number of nitrogens with one attached hydrogen (secondary N) is 2. The molecular weight excluding hydrogens is 525 g/mol. The van der Waals surface area contributed by atoms with Gasteiger partial charge in [0.25, 0.3) is 0 Å². The third-order valence-corrected chi connectivity index (χ3v) is 7.26. The van der Waals surface area contributed by atoms with Gasteiger partial charge in [-0.15, -0.1) is 0 Å². The number of carbonyl (C=O) groups is 3. The number of hydrogen-bond acceptors (Lipinski definition) is 6. The molecule has 2 aromatic rings. The van der Waals surface area contributed by atoms with E-state index < -0.39 is 29.7 Å². The van der Waals surface area contributed by atoms with Crippen LogP contribution in [0.25, 0.3) is 0 Å². The van der Waals surface area contributed by atoms with Crippen molar-refractivity contribution in [1.29, 1.82) is 0 Å². The average Bonchev–Trinajstić information content (AvgIpc) is 3.44. The highest BCUT2D eigenvalue weighted by Crippen LogP contribution is 2.36. The number of benzene rings is 1. The van der Waals surface area contributed by atoms with E-state index in [9.17, 15) is 18.8 Å². The van der Waals surface area contributed by atoms with Crippen LogP contribution in [0, 0.1) is 11.7 Å². The molecule has 9 nitrogen and oxygen atoms in total. The molecule has 11 heteroatoms. The number of nitrogens with zero attached hydrogens (tertiary/aromatic N) is 2. The second kappa shape index (κ2) is 11.4. The van der Waals surface area contributed by atoms with Crippen molar-refractivity contribution in [1.82, 2.24) is 20.5 Å². The zero-order chi connectivity index (χ0) is 28.5. The van der Waals surface area contributed by atoms with Crippen LogP contribution in [0.15, 0.2) is 30.3 Å². The number of aromatic nitrogens is 1. The van der Waals surface area contributed by atoms with Crippen molar-refractivity contribution in [3.8, 4) is 0 Å². The van der Waals surface area contributed by atoms with Gasteiger partial charge in [0.2, 0.25) is 11.8 Å². The number of carbonyl (C=O) groups excluding carboxylic acids is 3. The summed E-state index contributed by atoms with van der Waals surface area (Å²) in [6.45, 7) is 7.17. The molecule has 4 atom stereocenters. The Bertz CT molecular complexity index is 1250. The Morgan fingerprint density at radius 3 is 2.62 bits per heavy atom. The van der Waals surface area contributed by atoms with E-state index in [2.05, 4.69) is 15.6 Å². The summed E-state index contributed by atoms with van der Waals surface area (Å²) in [5.41, 5.74) is 7.46. The SMILES string of the molecule is C[C@H](NC(=O)[C@H]1C[C@H](Cc2ccc(F)cc2)CN1C(=O)OC(C)(C)C)C(=O)NC1CCc2nc(N)cc(Cl)c21. The number of nitrogen functional groups attached to an aromatic ring is 1. The summed E-state index contributed by atoms with van der Waals surface area (Å²) >= 11 is 6.36. The molecular formula is C28H35ClFN5O4. The van der Waals surface area contributed by atoms with E-state index in [1.54, 1.807) is 45.9 Å². The number of pyridine rings is 1. The molecule has 1 saturated heterocycles. The maximum absolute atomic E-state index is 13.4. The summed E-state index contributed by atoms with van der Waals surface area (Å²) in [7, 11) is 0. The topological polar surface area (TPSA) is 127 Å². The number of aryl methyl sites for hydroxylation is 1. The number of fused-ring (bicyclic) bond motifs is 1. The highest BCUT2D eigenvalue weighted by molar-refractivity contribution is 6.31. The summed E-state index contributed by atoms with van der Waals surface area (Å²) < 4.78 is 18.9. The Balaban J connectivity index is 1.42.